The summed E-state index contributed by atoms with van der Waals surface area (Å²) < 4.78 is 0.561. The third kappa shape index (κ3) is 1.84. The predicted octanol–water partition coefficient (Wildman–Crippen LogP) is -0.434. The van der Waals surface area contributed by atoms with Crippen molar-refractivity contribution in [2.24, 2.45) is 0 Å². The van der Waals surface area contributed by atoms with Crippen molar-refractivity contribution in [3.05, 3.63) is 54.6 Å². The number of anilines is 1. The molecule has 0 radical (unpaired) electrons. The van der Waals surface area contributed by atoms with Crippen molar-refractivity contribution in [3.8, 4) is 0 Å². The summed E-state index contributed by atoms with van der Waals surface area (Å²) in [5.74, 6) is -1.34. The van der Waals surface area contributed by atoms with Gasteiger partial charge in [-0.1, -0.05) is 0 Å². The summed E-state index contributed by atoms with van der Waals surface area (Å²) in [4.78, 5) is 42.2. The Morgan fingerprint density at radius 1 is 1.33 bits per heavy atom. The summed E-state index contributed by atoms with van der Waals surface area (Å²) in [7, 11) is 0. The van der Waals surface area contributed by atoms with E-state index in [0.717, 1.165) is 18.2 Å². The van der Waals surface area contributed by atoms with E-state index < -0.39 is 22.0 Å². The second-order valence-electron chi connectivity index (χ2n) is 3.35. The molecule has 1 aromatic heterocycles. The van der Waals surface area contributed by atoms with Crippen LogP contribution in [0.1, 0.15) is 10.4 Å². The van der Waals surface area contributed by atoms with E-state index in [9.17, 15) is 24.5 Å². The summed E-state index contributed by atoms with van der Waals surface area (Å²) in [5.41, 5.74) is -0.301. The van der Waals surface area contributed by atoms with E-state index in [-0.39, 0.29) is 16.9 Å². The van der Waals surface area contributed by atoms with Crippen LogP contribution in [-0.4, -0.2) is 20.7 Å². The van der Waals surface area contributed by atoms with Crippen molar-refractivity contribution >= 4 is 17.3 Å². The number of nitrogens with one attached hydrogen (secondary N) is 1. The van der Waals surface area contributed by atoms with Crippen LogP contribution in [0, 0.1) is 10.1 Å². The maximum absolute atomic E-state index is 10.9. The van der Waals surface area contributed by atoms with Crippen molar-refractivity contribution in [3.63, 3.8) is 0 Å². The molecule has 1 aromatic carbocycles. The Balaban J connectivity index is 2.47. The predicted molar refractivity (Wildman–Crippen MR) is 58.4 cm³/mol. The van der Waals surface area contributed by atoms with Crippen LogP contribution >= 0.6 is 0 Å². The average molecular weight is 251 g/mol. The van der Waals surface area contributed by atoms with Crippen LogP contribution in [0.4, 0.5) is 11.4 Å². The van der Waals surface area contributed by atoms with Gasteiger partial charge in [-0.3, -0.25) is 25.1 Å². The molecule has 0 aliphatic rings. The Morgan fingerprint density at radius 3 is 2.39 bits per heavy atom. The van der Waals surface area contributed by atoms with Crippen molar-refractivity contribution in [2.45, 2.75) is 0 Å². The molecule has 0 spiro atoms. The summed E-state index contributed by atoms with van der Waals surface area (Å²) in [6.07, 6.45) is 0. The number of carboxylic acid groups (broad SMARTS) is 1. The van der Waals surface area contributed by atoms with E-state index in [0.29, 0.717) is 4.68 Å². The van der Waals surface area contributed by atoms with Crippen molar-refractivity contribution in [1.29, 1.82) is 0 Å². The number of rotatable bonds is 4. The molecule has 0 fully saturated rings. The molecule has 0 aliphatic carbocycles. The maximum atomic E-state index is 10.9. The minimum atomic E-state index is -1.34. The number of non-ortho nitro benzene ring substituents is 1. The monoisotopic (exact) mass is 251 g/mol. The molecule has 2 rings (SSSR count). The zero-order valence-electron chi connectivity index (χ0n) is 8.61. The third-order valence-corrected chi connectivity index (χ3v) is 2.22. The van der Waals surface area contributed by atoms with Gasteiger partial charge in [-0.05, 0) is 6.07 Å². The average Bonchev–Trinajstić information content (AvgIpc) is 2.86. The van der Waals surface area contributed by atoms with Gasteiger partial charge in [0.05, 0.1) is 16.2 Å². The van der Waals surface area contributed by atoms with Crippen LogP contribution in [0.3, 0.4) is 0 Å². The lowest BCUT2D eigenvalue weighted by Crippen LogP contribution is -2.12. The molecule has 0 aliphatic heterocycles. The largest absolute Gasteiger partial charge is 0.478 e. The minimum absolute atomic E-state index is 0.198. The zero-order chi connectivity index (χ0) is 13.4. The SMILES string of the molecule is O=C(O)c1ccc([N+](=O)[O-])cc1Nn1c(=O)c1=O. The third-order valence-electron chi connectivity index (χ3n) is 2.22. The number of aromatic carboxylic acids is 1. The van der Waals surface area contributed by atoms with Crippen molar-refractivity contribution in [2.75, 3.05) is 5.43 Å². The smallest absolute Gasteiger partial charge is 0.340 e. The number of hydrogen-bond acceptors (Lipinski definition) is 6. The summed E-state index contributed by atoms with van der Waals surface area (Å²) in [6, 6.07) is 2.96. The second-order valence-corrected chi connectivity index (χ2v) is 3.35. The number of aromatic nitrogens is 1. The van der Waals surface area contributed by atoms with Gasteiger partial charge in [0.15, 0.2) is 0 Å². The first kappa shape index (κ1) is 11.5. The normalized spacial score (nSPS) is 10.4. The maximum Gasteiger partial charge on any atom is 0.340 e. The number of nitro groups is 1. The second kappa shape index (κ2) is 3.80. The topological polar surface area (TPSA) is 132 Å². The molecule has 9 heteroatoms. The fourth-order valence-corrected chi connectivity index (χ4v) is 1.28. The molecule has 1 heterocycles. The molecule has 2 aromatic rings. The Hall–Kier alpha value is -2.97. The number of nitrogens with zero attached hydrogens (tertiary/aromatic N) is 2. The minimum Gasteiger partial charge on any atom is -0.478 e. The van der Waals surface area contributed by atoms with Gasteiger partial charge in [0, 0.05) is 12.1 Å². The number of carboxylic acids is 1. The van der Waals surface area contributed by atoms with E-state index in [1.165, 1.54) is 0 Å². The van der Waals surface area contributed by atoms with Crippen LogP contribution in [-0.2, 0) is 0 Å². The summed E-state index contributed by atoms with van der Waals surface area (Å²) >= 11 is 0. The van der Waals surface area contributed by atoms with Gasteiger partial charge >= 0.3 is 17.1 Å². The molecule has 18 heavy (non-hydrogen) atoms. The van der Waals surface area contributed by atoms with Crippen LogP contribution < -0.4 is 16.5 Å². The van der Waals surface area contributed by atoms with Crippen LogP contribution in [0.5, 0.6) is 0 Å². The highest BCUT2D eigenvalue weighted by molar-refractivity contribution is 5.94. The fraction of sp³-hybridized carbons (Fsp3) is 0. The first-order valence-electron chi connectivity index (χ1n) is 4.58. The Labute approximate surface area is 97.7 Å². The number of benzene rings is 1. The van der Waals surface area contributed by atoms with E-state index >= 15 is 0 Å². The van der Waals surface area contributed by atoms with Crippen LogP contribution in [0.2, 0.25) is 0 Å². The molecule has 0 saturated carbocycles. The van der Waals surface area contributed by atoms with Gasteiger partial charge in [0.1, 0.15) is 0 Å². The number of nitro benzene ring substituents is 1. The van der Waals surface area contributed by atoms with Crippen LogP contribution in [0.25, 0.3) is 0 Å². The van der Waals surface area contributed by atoms with Gasteiger partial charge in [-0.25, -0.2) is 4.79 Å². The standard InChI is InChI=1S/C9H5N3O6/c13-7-8(14)11(7)10-6-3-4(12(17)18)1-2-5(6)9(15)16/h1-3,10H,(H,15,16). The molecule has 0 atom stereocenters. The van der Waals surface area contributed by atoms with Gasteiger partial charge in [-0.2, -0.15) is 4.68 Å². The molecule has 92 valence electrons. The lowest BCUT2D eigenvalue weighted by Gasteiger charge is -2.05. The molecule has 0 amide bonds. The van der Waals surface area contributed by atoms with Crippen LogP contribution in [0.15, 0.2) is 27.8 Å². The van der Waals surface area contributed by atoms with Gasteiger partial charge in [0.2, 0.25) is 0 Å². The summed E-state index contributed by atoms with van der Waals surface area (Å²) in [5, 5.41) is 19.4. The molecule has 0 bridgehead atoms. The van der Waals surface area contributed by atoms with Gasteiger partial charge in [0.25, 0.3) is 5.69 Å². The first-order chi connectivity index (χ1) is 8.41. The van der Waals surface area contributed by atoms with E-state index in [1.807, 2.05) is 0 Å². The number of carbonyl (C=O) groups is 1. The number of hydrogen-bond donors (Lipinski definition) is 2. The summed E-state index contributed by atoms with van der Waals surface area (Å²) in [6.45, 7) is 0. The lowest BCUT2D eigenvalue weighted by atomic mass is 10.1. The van der Waals surface area contributed by atoms with Gasteiger partial charge < -0.3 is 5.11 Å². The Bertz CT molecular complexity index is 699. The van der Waals surface area contributed by atoms with Crippen molar-refractivity contribution in [1.82, 2.24) is 4.68 Å². The molecule has 2 N–H and O–H groups in total. The fourth-order valence-electron chi connectivity index (χ4n) is 1.28. The molecule has 9 nitrogen and oxygen atoms in total. The van der Waals surface area contributed by atoms with Gasteiger partial charge in [-0.15, -0.1) is 0 Å². The molecular formula is C9H5N3O6. The molecular weight excluding hydrogens is 246 g/mol. The highest BCUT2D eigenvalue weighted by atomic mass is 16.6. The molecule has 0 saturated heterocycles. The highest BCUT2D eigenvalue weighted by Crippen LogP contribution is 2.22. The van der Waals surface area contributed by atoms with Crippen molar-refractivity contribution < 1.29 is 14.8 Å². The van der Waals surface area contributed by atoms with E-state index in [1.54, 1.807) is 0 Å². The van der Waals surface area contributed by atoms with E-state index in [4.69, 9.17) is 5.11 Å². The Kier molecular flexibility index (Phi) is 2.43. The zero-order valence-corrected chi connectivity index (χ0v) is 8.61. The Morgan fingerprint density at radius 2 is 1.94 bits per heavy atom. The highest BCUT2D eigenvalue weighted by Gasteiger charge is 2.21. The molecule has 0 unspecified atom stereocenters. The van der Waals surface area contributed by atoms with E-state index in [2.05, 4.69) is 5.43 Å². The first-order valence-corrected chi connectivity index (χ1v) is 4.58. The quantitative estimate of drug-likeness (QED) is 0.427. The lowest BCUT2D eigenvalue weighted by molar-refractivity contribution is -0.384.